The summed E-state index contributed by atoms with van der Waals surface area (Å²) >= 11 is 3.18. The Labute approximate surface area is 142 Å². The number of halogens is 1. The van der Waals surface area contributed by atoms with Crippen LogP contribution >= 0.6 is 34.4 Å². The number of hydrogen-bond donors (Lipinski definition) is 0. The number of carbonyl (C=O) groups is 2. The van der Waals surface area contributed by atoms with Crippen molar-refractivity contribution in [1.82, 2.24) is 4.90 Å². The highest BCUT2D eigenvalue weighted by Crippen LogP contribution is 2.34. The van der Waals surface area contributed by atoms with Gasteiger partial charge in [0.15, 0.2) is 0 Å². The van der Waals surface area contributed by atoms with Crippen LogP contribution in [0, 0.1) is 3.57 Å². The number of rotatable bonds is 4. The SMILES string of the molecule is CC[C@@H](C)N1C(=O)S/C(=C\c2ccc(OC)c(I)c2)C1=O. The van der Waals surface area contributed by atoms with Crippen molar-refractivity contribution in [3.63, 3.8) is 0 Å². The fraction of sp³-hybridized carbons (Fsp3) is 0.333. The lowest BCUT2D eigenvalue weighted by molar-refractivity contribution is -0.124. The van der Waals surface area contributed by atoms with E-state index in [1.807, 2.05) is 32.0 Å². The molecule has 0 N–H and O–H groups in total. The van der Waals surface area contributed by atoms with Gasteiger partial charge in [-0.25, -0.2) is 0 Å². The monoisotopic (exact) mass is 417 g/mol. The first-order valence-corrected chi connectivity index (χ1v) is 8.48. The molecule has 0 aromatic heterocycles. The second-order valence-corrected chi connectivity index (χ2v) is 6.86. The Kier molecular flexibility index (Phi) is 5.32. The molecule has 0 bridgehead atoms. The first-order valence-electron chi connectivity index (χ1n) is 6.58. The Bertz CT molecular complexity index is 615. The molecule has 2 rings (SSSR count). The number of thioether (sulfide) groups is 1. The van der Waals surface area contributed by atoms with Gasteiger partial charge in [-0.3, -0.25) is 14.5 Å². The summed E-state index contributed by atoms with van der Waals surface area (Å²) in [4.78, 5) is 26.1. The zero-order valence-corrected chi connectivity index (χ0v) is 15.0. The summed E-state index contributed by atoms with van der Waals surface area (Å²) in [6, 6.07) is 5.58. The van der Waals surface area contributed by atoms with E-state index >= 15 is 0 Å². The van der Waals surface area contributed by atoms with Crippen LogP contribution in [0.15, 0.2) is 23.1 Å². The maximum atomic E-state index is 12.3. The van der Waals surface area contributed by atoms with Crippen molar-refractivity contribution in [2.24, 2.45) is 0 Å². The Morgan fingerprint density at radius 3 is 2.71 bits per heavy atom. The normalized spacial score (nSPS) is 18.5. The zero-order chi connectivity index (χ0) is 15.6. The van der Waals surface area contributed by atoms with Crippen LogP contribution in [0.3, 0.4) is 0 Å². The molecule has 1 aromatic carbocycles. The lowest BCUT2D eigenvalue weighted by Crippen LogP contribution is -2.36. The molecule has 1 aliphatic rings. The average molecular weight is 417 g/mol. The molecule has 1 aliphatic heterocycles. The van der Waals surface area contributed by atoms with Crippen molar-refractivity contribution in [2.45, 2.75) is 26.3 Å². The van der Waals surface area contributed by atoms with E-state index in [1.165, 1.54) is 4.90 Å². The van der Waals surface area contributed by atoms with E-state index in [-0.39, 0.29) is 17.2 Å². The molecule has 112 valence electrons. The fourth-order valence-electron chi connectivity index (χ4n) is 1.97. The smallest absolute Gasteiger partial charge is 0.293 e. The van der Waals surface area contributed by atoms with Gasteiger partial charge >= 0.3 is 0 Å². The fourth-order valence-corrected chi connectivity index (χ4v) is 3.66. The predicted molar refractivity (Wildman–Crippen MR) is 93.3 cm³/mol. The first-order chi connectivity index (χ1) is 9.97. The van der Waals surface area contributed by atoms with Gasteiger partial charge in [-0.1, -0.05) is 13.0 Å². The molecule has 21 heavy (non-hydrogen) atoms. The minimum atomic E-state index is -0.204. The number of ether oxygens (including phenoxy) is 1. The molecule has 6 heteroatoms. The van der Waals surface area contributed by atoms with Crippen LogP contribution in [0.25, 0.3) is 6.08 Å². The van der Waals surface area contributed by atoms with Crippen LogP contribution in [0.2, 0.25) is 0 Å². The van der Waals surface area contributed by atoms with Gasteiger partial charge in [0.1, 0.15) is 5.75 Å². The minimum Gasteiger partial charge on any atom is -0.496 e. The molecule has 0 saturated carbocycles. The summed E-state index contributed by atoms with van der Waals surface area (Å²) in [5.74, 6) is 0.589. The van der Waals surface area contributed by atoms with Crippen molar-refractivity contribution >= 4 is 51.6 Å². The van der Waals surface area contributed by atoms with Gasteiger partial charge in [0.25, 0.3) is 11.1 Å². The molecule has 4 nitrogen and oxygen atoms in total. The molecule has 0 aliphatic carbocycles. The molecular formula is C15H16INO3S. The number of methoxy groups -OCH3 is 1. The van der Waals surface area contributed by atoms with E-state index < -0.39 is 0 Å². The van der Waals surface area contributed by atoms with Crippen LogP contribution in [0.1, 0.15) is 25.8 Å². The lowest BCUT2D eigenvalue weighted by Gasteiger charge is -2.19. The highest BCUT2D eigenvalue weighted by molar-refractivity contribution is 14.1. The van der Waals surface area contributed by atoms with Gasteiger partial charge in [-0.15, -0.1) is 0 Å². The number of imide groups is 1. The van der Waals surface area contributed by atoms with E-state index in [1.54, 1.807) is 13.2 Å². The molecule has 0 spiro atoms. The van der Waals surface area contributed by atoms with Crippen LogP contribution in [0.4, 0.5) is 4.79 Å². The second-order valence-electron chi connectivity index (χ2n) is 4.70. The Morgan fingerprint density at radius 1 is 1.43 bits per heavy atom. The number of amides is 2. The molecular weight excluding hydrogens is 401 g/mol. The topological polar surface area (TPSA) is 46.6 Å². The van der Waals surface area contributed by atoms with Gasteiger partial charge in [0.05, 0.1) is 15.6 Å². The Balaban J connectivity index is 2.28. The summed E-state index contributed by atoms with van der Waals surface area (Å²) in [5, 5.41) is -0.191. The molecule has 2 amide bonds. The number of benzene rings is 1. The van der Waals surface area contributed by atoms with Gasteiger partial charge in [-0.05, 0) is 71.5 Å². The van der Waals surface area contributed by atoms with Gasteiger partial charge < -0.3 is 4.74 Å². The maximum absolute atomic E-state index is 12.3. The highest BCUT2D eigenvalue weighted by Gasteiger charge is 2.37. The summed E-state index contributed by atoms with van der Waals surface area (Å²) in [7, 11) is 1.62. The Morgan fingerprint density at radius 2 is 2.14 bits per heavy atom. The van der Waals surface area contributed by atoms with E-state index in [4.69, 9.17) is 4.74 Å². The van der Waals surface area contributed by atoms with E-state index in [9.17, 15) is 9.59 Å². The number of hydrogen-bond acceptors (Lipinski definition) is 4. The van der Waals surface area contributed by atoms with Crippen molar-refractivity contribution in [3.05, 3.63) is 32.2 Å². The second kappa shape index (κ2) is 6.83. The van der Waals surface area contributed by atoms with E-state index in [0.29, 0.717) is 4.91 Å². The molecule has 0 radical (unpaired) electrons. The molecule has 0 unspecified atom stereocenters. The highest BCUT2D eigenvalue weighted by atomic mass is 127. The number of nitrogens with zero attached hydrogens (tertiary/aromatic N) is 1. The van der Waals surface area contributed by atoms with E-state index in [2.05, 4.69) is 22.6 Å². The summed E-state index contributed by atoms with van der Waals surface area (Å²) < 4.78 is 6.17. The van der Waals surface area contributed by atoms with E-state index in [0.717, 1.165) is 33.1 Å². The summed E-state index contributed by atoms with van der Waals surface area (Å²) in [6.07, 6.45) is 2.51. The zero-order valence-electron chi connectivity index (χ0n) is 12.1. The van der Waals surface area contributed by atoms with Crippen molar-refractivity contribution in [3.8, 4) is 5.75 Å². The molecule has 1 saturated heterocycles. The van der Waals surface area contributed by atoms with Crippen molar-refractivity contribution < 1.29 is 14.3 Å². The summed E-state index contributed by atoms with van der Waals surface area (Å²) in [5.41, 5.74) is 0.884. The van der Waals surface area contributed by atoms with Crippen molar-refractivity contribution in [1.29, 1.82) is 0 Å². The van der Waals surface area contributed by atoms with Crippen LogP contribution in [0.5, 0.6) is 5.75 Å². The van der Waals surface area contributed by atoms with Gasteiger partial charge in [0.2, 0.25) is 0 Å². The van der Waals surface area contributed by atoms with Crippen LogP contribution in [-0.4, -0.2) is 29.2 Å². The number of carbonyl (C=O) groups excluding carboxylic acids is 2. The third kappa shape index (κ3) is 3.42. The minimum absolute atomic E-state index is 0.0700. The third-order valence-electron chi connectivity index (χ3n) is 3.33. The lowest BCUT2D eigenvalue weighted by atomic mass is 10.2. The quantitative estimate of drug-likeness (QED) is 0.546. The molecule has 1 heterocycles. The van der Waals surface area contributed by atoms with Crippen molar-refractivity contribution in [2.75, 3.05) is 7.11 Å². The first kappa shape index (κ1) is 16.4. The molecule has 1 aromatic rings. The van der Waals surface area contributed by atoms with Gasteiger partial charge in [0, 0.05) is 6.04 Å². The maximum Gasteiger partial charge on any atom is 0.293 e. The summed E-state index contributed by atoms with van der Waals surface area (Å²) in [6.45, 7) is 3.85. The molecule has 1 atom stereocenters. The molecule has 1 fully saturated rings. The van der Waals surface area contributed by atoms with Crippen LogP contribution < -0.4 is 4.74 Å². The largest absolute Gasteiger partial charge is 0.496 e. The average Bonchev–Trinajstić information content (AvgIpc) is 2.73. The van der Waals surface area contributed by atoms with Crippen LogP contribution in [-0.2, 0) is 4.79 Å². The third-order valence-corrected chi connectivity index (χ3v) is 5.06. The predicted octanol–water partition coefficient (Wildman–Crippen LogP) is 4.13. The Hall–Kier alpha value is -1.02. The standard InChI is InChI=1S/C15H16INO3S/c1-4-9(2)17-14(18)13(21-15(17)19)8-10-5-6-12(20-3)11(16)7-10/h5-9H,4H2,1-3H3/b13-8-/t9-/m1/s1. The van der Waals surface area contributed by atoms with Gasteiger partial charge in [-0.2, -0.15) is 0 Å².